The third kappa shape index (κ3) is 5.94. The smallest absolute Gasteiger partial charge is 0.347 e. The van der Waals surface area contributed by atoms with Crippen LogP contribution in [0.3, 0.4) is 0 Å². The summed E-state index contributed by atoms with van der Waals surface area (Å²) >= 11 is 11.8. The molecule has 28 heavy (non-hydrogen) atoms. The van der Waals surface area contributed by atoms with Crippen LogP contribution in [-0.2, 0) is 14.3 Å². The number of hydrogen-bond acceptors (Lipinski definition) is 6. The van der Waals surface area contributed by atoms with Crippen molar-refractivity contribution in [2.45, 2.75) is 13.0 Å². The van der Waals surface area contributed by atoms with Crippen LogP contribution in [0.2, 0.25) is 10.0 Å². The molecule has 0 saturated heterocycles. The van der Waals surface area contributed by atoms with Gasteiger partial charge < -0.3 is 24.3 Å². The van der Waals surface area contributed by atoms with Crippen molar-refractivity contribution in [2.24, 2.45) is 0 Å². The number of carbonyl (C=O) groups is 2. The first-order valence-electron chi connectivity index (χ1n) is 8.14. The van der Waals surface area contributed by atoms with Gasteiger partial charge in [-0.25, -0.2) is 4.79 Å². The maximum atomic E-state index is 12.1. The van der Waals surface area contributed by atoms with Gasteiger partial charge in [-0.2, -0.15) is 0 Å². The normalized spacial score (nSPS) is 11.3. The highest BCUT2D eigenvalue weighted by Gasteiger charge is 2.19. The van der Waals surface area contributed by atoms with Gasteiger partial charge in [-0.3, -0.25) is 4.79 Å². The molecule has 0 aromatic heterocycles. The molecule has 2 aromatic rings. The van der Waals surface area contributed by atoms with Gasteiger partial charge in [0.05, 0.1) is 24.9 Å². The summed E-state index contributed by atoms with van der Waals surface area (Å²) in [6.45, 7) is 0.984. The van der Waals surface area contributed by atoms with E-state index in [0.717, 1.165) is 0 Å². The Balaban J connectivity index is 1.90. The van der Waals surface area contributed by atoms with E-state index in [1.54, 1.807) is 24.3 Å². The van der Waals surface area contributed by atoms with Crippen LogP contribution in [0.5, 0.6) is 17.2 Å². The Hall–Kier alpha value is -2.64. The molecule has 0 aliphatic rings. The fraction of sp³-hybridized carbons (Fsp3) is 0.263. The van der Waals surface area contributed by atoms with Crippen molar-refractivity contribution in [3.8, 4) is 17.2 Å². The minimum atomic E-state index is -0.974. The summed E-state index contributed by atoms with van der Waals surface area (Å²) in [5, 5.41) is 3.30. The third-order valence-electron chi connectivity index (χ3n) is 3.56. The van der Waals surface area contributed by atoms with Gasteiger partial charge in [-0.1, -0.05) is 23.2 Å². The number of amides is 1. The summed E-state index contributed by atoms with van der Waals surface area (Å²) in [4.78, 5) is 24.2. The van der Waals surface area contributed by atoms with E-state index in [4.69, 9.17) is 42.1 Å². The van der Waals surface area contributed by atoms with Gasteiger partial charge in [0.1, 0.15) is 17.2 Å². The molecular weight excluding hydrogens is 409 g/mol. The summed E-state index contributed by atoms with van der Waals surface area (Å²) in [6.07, 6.45) is -0.974. The lowest BCUT2D eigenvalue weighted by Gasteiger charge is -2.15. The summed E-state index contributed by atoms with van der Waals surface area (Å²) in [7, 11) is 2.97. The summed E-state index contributed by atoms with van der Waals surface area (Å²) in [6, 6.07) is 9.53. The summed E-state index contributed by atoms with van der Waals surface area (Å²) in [5.74, 6) is -0.0130. The molecule has 1 atom stereocenters. The van der Waals surface area contributed by atoms with E-state index in [9.17, 15) is 9.59 Å². The minimum Gasteiger partial charge on any atom is -0.497 e. The molecule has 1 amide bonds. The number of carbonyl (C=O) groups excluding carboxylic acids is 2. The van der Waals surface area contributed by atoms with Crippen LogP contribution in [-0.4, -0.2) is 38.8 Å². The quantitative estimate of drug-likeness (QED) is 0.641. The highest BCUT2D eigenvalue weighted by Crippen LogP contribution is 2.29. The molecule has 7 nitrogen and oxygen atoms in total. The summed E-state index contributed by atoms with van der Waals surface area (Å²) in [5.41, 5.74) is 0.389. The number of esters is 1. The van der Waals surface area contributed by atoms with E-state index in [2.05, 4.69) is 5.32 Å². The highest BCUT2D eigenvalue weighted by atomic mass is 35.5. The zero-order chi connectivity index (χ0) is 20.7. The second-order valence-electron chi connectivity index (χ2n) is 5.56. The van der Waals surface area contributed by atoms with Crippen molar-refractivity contribution < 1.29 is 28.5 Å². The van der Waals surface area contributed by atoms with Gasteiger partial charge in [0.15, 0.2) is 12.7 Å². The predicted octanol–water partition coefficient (Wildman–Crippen LogP) is 3.96. The molecule has 0 fully saturated rings. The lowest BCUT2D eigenvalue weighted by Crippen LogP contribution is -2.29. The van der Waals surface area contributed by atoms with Crippen molar-refractivity contribution >= 4 is 40.8 Å². The van der Waals surface area contributed by atoms with Crippen LogP contribution in [0.15, 0.2) is 36.4 Å². The van der Waals surface area contributed by atoms with E-state index in [1.165, 1.54) is 33.3 Å². The monoisotopic (exact) mass is 427 g/mol. The molecule has 0 unspecified atom stereocenters. The Morgan fingerprint density at radius 3 is 2.39 bits per heavy atom. The van der Waals surface area contributed by atoms with Gasteiger partial charge in [-0.05, 0) is 37.3 Å². The number of nitrogens with one attached hydrogen (secondary N) is 1. The lowest BCUT2D eigenvalue weighted by molar-refractivity contribution is -0.153. The molecule has 0 saturated carbocycles. The van der Waals surface area contributed by atoms with Crippen LogP contribution in [0.1, 0.15) is 6.92 Å². The molecule has 1 N–H and O–H groups in total. The van der Waals surface area contributed by atoms with Gasteiger partial charge in [0.2, 0.25) is 0 Å². The second-order valence-corrected chi connectivity index (χ2v) is 6.40. The van der Waals surface area contributed by atoms with Crippen LogP contribution in [0.4, 0.5) is 5.69 Å². The van der Waals surface area contributed by atoms with E-state index in [1.807, 2.05) is 0 Å². The Bertz CT molecular complexity index is 858. The van der Waals surface area contributed by atoms with Gasteiger partial charge in [-0.15, -0.1) is 0 Å². The molecule has 0 spiro atoms. The molecule has 0 aliphatic carbocycles. The molecular formula is C19H19Cl2NO6. The fourth-order valence-corrected chi connectivity index (χ4v) is 2.61. The topological polar surface area (TPSA) is 83.1 Å². The van der Waals surface area contributed by atoms with E-state index in [0.29, 0.717) is 22.2 Å². The van der Waals surface area contributed by atoms with Gasteiger partial charge in [0, 0.05) is 11.1 Å². The largest absolute Gasteiger partial charge is 0.497 e. The molecule has 2 aromatic carbocycles. The van der Waals surface area contributed by atoms with Crippen LogP contribution in [0.25, 0.3) is 0 Å². The first kappa shape index (κ1) is 21.7. The van der Waals surface area contributed by atoms with Crippen molar-refractivity contribution in [2.75, 3.05) is 26.1 Å². The number of rotatable bonds is 8. The lowest BCUT2D eigenvalue weighted by atomic mass is 10.2. The number of anilines is 1. The van der Waals surface area contributed by atoms with Crippen LogP contribution < -0.4 is 19.5 Å². The minimum absolute atomic E-state index is 0.259. The van der Waals surface area contributed by atoms with Crippen molar-refractivity contribution in [3.05, 3.63) is 46.4 Å². The standard InChI is InChI=1S/C19H19Cl2NO6/c1-11(28-16-6-4-12(20)8-14(16)21)19(24)27-10-18(23)22-15-9-13(25-2)5-7-17(15)26-3/h4-9,11H,10H2,1-3H3,(H,22,23)/t11-/m1/s1. The van der Waals surface area contributed by atoms with Gasteiger partial charge >= 0.3 is 5.97 Å². The van der Waals surface area contributed by atoms with Crippen LogP contribution >= 0.6 is 23.2 Å². The van der Waals surface area contributed by atoms with Crippen molar-refractivity contribution in [3.63, 3.8) is 0 Å². The maximum absolute atomic E-state index is 12.1. The zero-order valence-electron chi connectivity index (χ0n) is 15.5. The Labute approximate surface area is 172 Å². The Morgan fingerprint density at radius 2 is 1.75 bits per heavy atom. The Kier molecular flexibility index (Phi) is 7.78. The molecule has 2 rings (SSSR count). The molecule has 9 heteroatoms. The van der Waals surface area contributed by atoms with Crippen molar-refractivity contribution in [1.29, 1.82) is 0 Å². The van der Waals surface area contributed by atoms with E-state index in [-0.39, 0.29) is 10.8 Å². The SMILES string of the molecule is COc1ccc(OC)c(NC(=O)COC(=O)[C@@H](C)Oc2ccc(Cl)cc2Cl)c1. The number of hydrogen-bond donors (Lipinski definition) is 1. The second kappa shape index (κ2) is 10.1. The zero-order valence-corrected chi connectivity index (χ0v) is 17.0. The number of benzene rings is 2. The predicted molar refractivity (Wildman–Crippen MR) is 106 cm³/mol. The highest BCUT2D eigenvalue weighted by molar-refractivity contribution is 6.35. The Morgan fingerprint density at radius 1 is 1.04 bits per heavy atom. The van der Waals surface area contributed by atoms with E-state index >= 15 is 0 Å². The average Bonchev–Trinajstić information content (AvgIpc) is 2.68. The van der Waals surface area contributed by atoms with Gasteiger partial charge in [0.25, 0.3) is 5.91 Å². The number of halogens is 2. The van der Waals surface area contributed by atoms with Crippen molar-refractivity contribution in [1.82, 2.24) is 0 Å². The number of ether oxygens (including phenoxy) is 4. The maximum Gasteiger partial charge on any atom is 0.347 e. The fourth-order valence-electron chi connectivity index (χ4n) is 2.16. The molecule has 0 radical (unpaired) electrons. The molecule has 150 valence electrons. The van der Waals surface area contributed by atoms with E-state index < -0.39 is 24.6 Å². The summed E-state index contributed by atoms with van der Waals surface area (Å²) < 4.78 is 20.7. The third-order valence-corrected chi connectivity index (χ3v) is 4.09. The average molecular weight is 428 g/mol. The van der Waals surface area contributed by atoms with Crippen LogP contribution in [0, 0.1) is 0 Å². The first-order chi connectivity index (χ1) is 13.3. The molecule has 0 bridgehead atoms. The molecule has 0 heterocycles. The molecule has 0 aliphatic heterocycles. The first-order valence-corrected chi connectivity index (χ1v) is 8.90. The number of methoxy groups -OCH3 is 2.